The van der Waals surface area contributed by atoms with Crippen molar-refractivity contribution in [3.05, 3.63) is 69.3 Å². The molecule has 1 unspecified atom stereocenters. The van der Waals surface area contributed by atoms with Crippen molar-refractivity contribution < 1.29 is 13.5 Å². The van der Waals surface area contributed by atoms with Gasteiger partial charge in [-0.3, -0.25) is 13.8 Å². The Hall–Kier alpha value is -1.43. The van der Waals surface area contributed by atoms with Gasteiger partial charge < -0.3 is 9.29 Å². The van der Waals surface area contributed by atoms with E-state index in [1.807, 2.05) is 36.4 Å². The fourth-order valence-corrected chi connectivity index (χ4v) is 6.59. The molecule has 0 radical (unpaired) electrons. The first-order valence-electron chi connectivity index (χ1n) is 12.4. The van der Waals surface area contributed by atoms with Gasteiger partial charge in [0.25, 0.3) is 0 Å². The van der Waals surface area contributed by atoms with E-state index in [4.69, 9.17) is 33.0 Å². The molecule has 7 nitrogen and oxygen atoms in total. The highest BCUT2D eigenvalue weighted by molar-refractivity contribution is 7.98. The number of hydrogen-bond acceptors (Lipinski definition) is 6. The molecular weight excluding hydrogens is 551 g/mol. The summed E-state index contributed by atoms with van der Waals surface area (Å²) in [5, 5.41) is 6.42. The first-order chi connectivity index (χ1) is 18.0. The minimum absolute atomic E-state index is 0.333. The van der Waals surface area contributed by atoms with E-state index >= 15 is 0 Å². The number of morpholine rings is 1. The number of halogens is 2. The lowest BCUT2D eigenvalue weighted by atomic mass is 10.0. The maximum absolute atomic E-state index is 11.8. The van der Waals surface area contributed by atoms with E-state index in [1.165, 1.54) is 4.31 Å². The summed E-state index contributed by atoms with van der Waals surface area (Å²) >= 11 is 12.0. The molecule has 0 N–H and O–H groups in total. The molecule has 3 aromatic rings. The van der Waals surface area contributed by atoms with Gasteiger partial charge >= 0.3 is 0 Å². The van der Waals surface area contributed by atoms with Crippen LogP contribution in [0.25, 0.3) is 11.3 Å². The Bertz CT molecular complexity index is 1250. The van der Waals surface area contributed by atoms with Gasteiger partial charge in [0.2, 0.25) is 0 Å². The molecule has 1 fully saturated rings. The number of hydrogen-bond donors (Lipinski definition) is 0. The Morgan fingerprint density at radius 1 is 1.05 bits per heavy atom. The summed E-state index contributed by atoms with van der Waals surface area (Å²) in [7, 11) is 0. The first-order valence-corrected chi connectivity index (χ1v) is 15.2. The van der Waals surface area contributed by atoms with E-state index < -0.39 is 11.3 Å². The van der Waals surface area contributed by atoms with Gasteiger partial charge in [-0.05, 0) is 36.2 Å². The number of nitrogens with zero attached hydrogens (tertiary/aromatic N) is 4. The molecular formula is C26H29Cl2N4O3S2-. The predicted octanol–water partition coefficient (Wildman–Crippen LogP) is 5.02. The van der Waals surface area contributed by atoms with Crippen molar-refractivity contribution in [1.82, 2.24) is 19.0 Å². The molecule has 0 aliphatic carbocycles. The molecule has 1 aromatic heterocycles. The topological polar surface area (TPSA) is 73.7 Å². The van der Waals surface area contributed by atoms with Crippen molar-refractivity contribution in [1.29, 1.82) is 0 Å². The maximum Gasteiger partial charge on any atom is 0.0971 e. The first kappa shape index (κ1) is 27.1. The standard InChI is InChI=1S/C26H30Cl2N4O3S2/c27-21-5-2-19(3-6-21)18-36-25-16-20(4-7-23(25)28)26-22-17-31(37(33)34)11-8-24(22)32(29-26)10-1-9-30-12-14-35-15-13-30/h2-7,16H,1,8-15,17-18H2,(H,33,34)/p-1. The number of benzene rings is 2. The van der Waals surface area contributed by atoms with Crippen molar-refractivity contribution in [3.63, 3.8) is 0 Å². The van der Waals surface area contributed by atoms with E-state index in [0.29, 0.717) is 29.6 Å². The molecule has 2 aliphatic rings. The molecule has 3 heterocycles. The third-order valence-electron chi connectivity index (χ3n) is 6.77. The molecule has 1 atom stereocenters. The highest BCUT2D eigenvalue weighted by Gasteiger charge is 2.26. The summed E-state index contributed by atoms with van der Waals surface area (Å²) in [5.74, 6) is 0.761. The fraction of sp³-hybridized carbons (Fsp3) is 0.423. The van der Waals surface area contributed by atoms with E-state index in [2.05, 4.69) is 15.6 Å². The molecule has 0 bridgehead atoms. The van der Waals surface area contributed by atoms with Crippen molar-refractivity contribution in [3.8, 4) is 11.3 Å². The Balaban J connectivity index is 1.38. The Kier molecular flexibility index (Phi) is 9.26. The molecule has 2 aliphatic heterocycles. The SMILES string of the molecule is O=S([O-])N1CCc2c(c(-c3ccc(Cl)c(SCc4ccc(Cl)cc4)c3)nn2CCCN2CCOCC2)C1. The van der Waals surface area contributed by atoms with Gasteiger partial charge in [0, 0.05) is 89.4 Å². The van der Waals surface area contributed by atoms with Crippen LogP contribution >= 0.6 is 35.0 Å². The average Bonchev–Trinajstić information content (AvgIpc) is 3.27. The zero-order chi connectivity index (χ0) is 25.8. The highest BCUT2D eigenvalue weighted by Crippen LogP contribution is 2.36. The minimum Gasteiger partial charge on any atom is -0.760 e. The van der Waals surface area contributed by atoms with Crippen molar-refractivity contribution in [2.24, 2.45) is 0 Å². The van der Waals surface area contributed by atoms with E-state index in [1.54, 1.807) is 11.8 Å². The van der Waals surface area contributed by atoms with Gasteiger partial charge in [-0.25, -0.2) is 4.31 Å². The molecule has 37 heavy (non-hydrogen) atoms. The molecule has 2 aromatic carbocycles. The number of rotatable bonds is 9. The highest BCUT2D eigenvalue weighted by atomic mass is 35.5. The van der Waals surface area contributed by atoms with E-state index in [0.717, 1.165) is 84.5 Å². The van der Waals surface area contributed by atoms with E-state index in [-0.39, 0.29) is 0 Å². The lowest BCUT2D eigenvalue weighted by Crippen LogP contribution is -2.37. The third kappa shape index (κ3) is 6.78. The molecule has 5 rings (SSSR count). The predicted molar refractivity (Wildman–Crippen MR) is 149 cm³/mol. The van der Waals surface area contributed by atoms with Gasteiger partial charge in [0.1, 0.15) is 0 Å². The van der Waals surface area contributed by atoms with Crippen LogP contribution in [0.2, 0.25) is 10.0 Å². The Morgan fingerprint density at radius 3 is 2.59 bits per heavy atom. The second-order valence-corrected chi connectivity index (χ2v) is 12.0. The summed E-state index contributed by atoms with van der Waals surface area (Å²) in [5.41, 5.74) is 5.06. The van der Waals surface area contributed by atoms with Gasteiger partial charge in [-0.1, -0.05) is 41.4 Å². The van der Waals surface area contributed by atoms with Crippen LogP contribution in [-0.4, -0.2) is 67.1 Å². The fourth-order valence-electron chi connectivity index (χ4n) is 4.78. The van der Waals surface area contributed by atoms with Crippen LogP contribution in [0, 0.1) is 0 Å². The summed E-state index contributed by atoms with van der Waals surface area (Å²) in [4.78, 5) is 3.39. The molecule has 198 valence electrons. The van der Waals surface area contributed by atoms with Crippen molar-refractivity contribution >= 4 is 46.2 Å². The molecule has 0 spiro atoms. The normalized spacial score (nSPS) is 17.6. The van der Waals surface area contributed by atoms with Crippen LogP contribution in [0.1, 0.15) is 23.2 Å². The van der Waals surface area contributed by atoms with Gasteiger partial charge in [-0.2, -0.15) is 5.10 Å². The second-order valence-electron chi connectivity index (χ2n) is 9.20. The maximum atomic E-state index is 11.8. The summed E-state index contributed by atoms with van der Waals surface area (Å²) < 4.78 is 32.5. The van der Waals surface area contributed by atoms with Crippen molar-refractivity contribution in [2.75, 3.05) is 39.4 Å². The van der Waals surface area contributed by atoms with Crippen LogP contribution in [0.4, 0.5) is 0 Å². The van der Waals surface area contributed by atoms with Gasteiger partial charge in [0.05, 0.1) is 23.9 Å². The number of aromatic nitrogens is 2. The number of fused-ring (bicyclic) bond motifs is 1. The lowest BCUT2D eigenvalue weighted by Gasteiger charge is -2.29. The second kappa shape index (κ2) is 12.6. The van der Waals surface area contributed by atoms with Crippen molar-refractivity contribution in [2.45, 2.75) is 36.6 Å². The molecule has 11 heteroatoms. The van der Waals surface area contributed by atoms with Crippen LogP contribution < -0.4 is 0 Å². The van der Waals surface area contributed by atoms with Crippen LogP contribution in [0.3, 0.4) is 0 Å². The van der Waals surface area contributed by atoms with Gasteiger partial charge in [0.15, 0.2) is 0 Å². The van der Waals surface area contributed by atoms with Crippen LogP contribution in [0.5, 0.6) is 0 Å². The largest absolute Gasteiger partial charge is 0.760 e. The third-order valence-corrected chi connectivity index (χ3v) is 9.32. The quantitative estimate of drug-likeness (QED) is 0.261. The zero-order valence-corrected chi connectivity index (χ0v) is 23.6. The summed E-state index contributed by atoms with van der Waals surface area (Å²) in [6, 6.07) is 13.7. The Morgan fingerprint density at radius 2 is 1.84 bits per heavy atom. The zero-order valence-electron chi connectivity index (χ0n) is 20.4. The smallest absolute Gasteiger partial charge is 0.0971 e. The lowest BCUT2D eigenvalue weighted by molar-refractivity contribution is 0.0368. The monoisotopic (exact) mass is 579 g/mol. The minimum atomic E-state index is -2.26. The van der Waals surface area contributed by atoms with Crippen LogP contribution in [-0.2, 0) is 41.3 Å². The molecule has 0 amide bonds. The number of thioether (sulfide) groups is 1. The van der Waals surface area contributed by atoms with E-state index in [9.17, 15) is 8.76 Å². The Labute approximate surface area is 234 Å². The van der Waals surface area contributed by atoms with Crippen LogP contribution in [0.15, 0.2) is 47.4 Å². The molecule has 1 saturated heterocycles. The van der Waals surface area contributed by atoms with Gasteiger partial charge in [-0.15, -0.1) is 11.8 Å². The number of aryl methyl sites for hydroxylation is 1. The average molecular weight is 581 g/mol. The molecule has 0 saturated carbocycles. The number of ether oxygens (including phenoxy) is 1. The summed E-state index contributed by atoms with van der Waals surface area (Å²) in [6.45, 7) is 6.11. The summed E-state index contributed by atoms with van der Waals surface area (Å²) in [6.07, 6.45) is 1.63.